The summed E-state index contributed by atoms with van der Waals surface area (Å²) in [6.07, 6.45) is 6.24. The average Bonchev–Trinajstić information content (AvgIpc) is 2.85. The second-order valence-corrected chi connectivity index (χ2v) is 6.96. The van der Waals surface area contributed by atoms with Gasteiger partial charge in [0.25, 0.3) is 0 Å². The first kappa shape index (κ1) is 14.5. The van der Waals surface area contributed by atoms with Gasteiger partial charge in [0.1, 0.15) is 0 Å². The number of aromatic nitrogens is 2. The smallest absolute Gasteiger partial charge is 0.0771 e. The molecule has 0 atom stereocenters. The molecule has 1 heterocycles. The lowest BCUT2D eigenvalue weighted by Gasteiger charge is -2.23. The van der Waals surface area contributed by atoms with E-state index in [2.05, 4.69) is 37.4 Å². The topological polar surface area (TPSA) is 50.1 Å². The maximum Gasteiger partial charge on any atom is 0.0771 e. The van der Waals surface area contributed by atoms with Crippen LogP contribution in [0.2, 0.25) is 0 Å². The molecule has 1 aromatic heterocycles. The maximum absolute atomic E-state index is 10.3. The number of hydrogen-bond donors (Lipinski definition) is 2. The summed E-state index contributed by atoms with van der Waals surface area (Å²) in [7, 11) is 1.96. The molecule has 108 valence electrons. The molecule has 0 saturated heterocycles. The molecule has 2 N–H and O–H groups in total. The molecule has 0 amide bonds. The molecule has 1 aromatic rings. The fourth-order valence-electron chi connectivity index (χ4n) is 2.94. The molecule has 0 radical (unpaired) electrons. The molecule has 1 fully saturated rings. The Hall–Kier alpha value is -0.870. The minimum atomic E-state index is -0.482. The number of nitrogens with zero attached hydrogens (tertiary/aromatic N) is 2. The third kappa shape index (κ3) is 3.57. The van der Waals surface area contributed by atoms with E-state index in [-0.39, 0.29) is 5.41 Å². The lowest BCUT2D eigenvalue weighted by molar-refractivity contribution is 0.0474. The number of aliphatic hydroxyl groups is 1. The van der Waals surface area contributed by atoms with Gasteiger partial charge in [0.15, 0.2) is 0 Å². The molecule has 0 bridgehead atoms. The van der Waals surface area contributed by atoms with E-state index >= 15 is 0 Å². The van der Waals surface area contributed by atoms with Gasteiger partial charge in [-0.3, -0.25) is 4.68 Å². The largest absolute Gasteiger partial charge is 0.389 e. The van der Waals surface area contributed by atoms with Gasteiger partial charge in [-0.2, -0.15) is 5.10 Å². The van der Waals surface area contributed by atoms with Crippen molar-refractivity contribution in [1.82, 2.24) is 15.1 Å². The Kier molecular flexibility index (Phi) is 4.02. The molecular weight excluding hydrogens is 238 g/mol. The van der Waals surface area contributed by atoms with Crippen molar-refractivity contribution in [3.8, 4) is 0 Å². The van der Waals surface area contributed by atoms with Crippen molar-refractivity contribution in [2.45, 2.75) is 64.0 Å². The minimum Gasteiger partial charge on any atom is -0.389 e. The van der Waals surface area contributed by atoms with E-state index in [9.17, 15) is 5.11 Å². The van der Waals surface area contributed by atoms with Crippen LogP contribution in [0, 0.1) is 0 Å². The fraction of sp³-hybridized carbons (Fsp3) is 0.800. The summed E-state index contributed by atoms with van der Waals surface area (Å²) >= 11 is 0. The predicted octanol–water partition coefficient (Wildman–Crippen LogP) is 2.11. The Morgan fingerprint density at radius 3 is 2.58 bits per heavy atom. The summed E-state index contributed by atoms with van der Waals surface area (Å²) in [6, 6.07) is 0. The monoisotopic (exact) mass is 265 g/mol. The summed E-state index contributed by atoms with van der Waals surface area (Å²) in [4.78, 5) is 0. The van der Waals surface area contributed by atoms with Gasteiger partial charge in [-0.1, -0.05) is 33.6 Å². The van der Waals surface area contributed by atoms with E-state index < -0.39 is 5.60 Å². The zero-order valence-corrected chi connectivity index (χ0v) is 12.7. The lowest BCUT2D eigenvalue weighted by Crippen LogP contribution is -2.37. The molecule has 0 aliphatic heterocycles. The van der Waals surface area contributed by atoms with E-state index in [1.807, 2.05) is 11.7 Å². The molecule has 1 aliphatic carbocycles. The SMILES string of the molecule is Cn1cc(CNCC2(O)CCCC2)c(C(C)(C)C)n1. The number of hydrogen-bond acceptors (Lipinski definition) is 3. The van der Waals surface area contributed by atoms with Gasteiger partial charge >= 0.3 is 0 Å². The fourth-order valence-corrected chi connectivity index (χ4v) is 2.94. The van der Waals surface area contributed by atoms with E-state index in [4.69, 9.17) is 0 Å². The van der Waals surface area contributed by atoms with Crippen molar-refractivity contribution in [2.24, 2.45) is 7.05 Å². The highest BCUT2D eigenvalue weighted by Crippen LogP contribution is 2.29. The second-order valence-electron chi connectivity index (χ2n) is 6.96. The third-order valence-corrected chi connectivity index (χ3v) is 3.92. The van der Waals surface area contributed by atoms with Crippen LogP contribution in [-0.2, 0) is 19.0 Å². The van der Waals surface area contributed by atoms with Gasteiger partial charge in [-0.25, -0.2) is 0 Å². The van der Waals surface area contributed by atoms with Crippen molar-refractivity contribution in [3.63, 3.8) is 0 Å². The van der Waals surface area contributed by atoms with Crippen LogP contribution < -0.4 is 5.32 Å². The highest BCUT2D eigenvalue weighted by Gasteiger charge is 2.30. The van der Waals surface area contributed by atoms with Crippen molar-refractivity contribution < 1.29 is 5.11 Å². The van der Waals surface area contributed by atoms with Gasteiger partial charge in [-0.05, 0) is 12.8 Å². The Morgan fingerprint density at radius 1 is 1.37 bits per heavy atom. The molecule has 0 aromatic carbocycles. The standard InChI is InChI=1S/C15H27N3O/c1-14(2,3)13-12(10-18(4)17-13)9-16-11-15(19)7-5-6-8-15/h10,16,19H,5-9,11H2,1-4H3. The summed E-state index contributed by atoms with van der Waals surface area (Å²) < 4.78 is 1.88. The third-order valence-electron chi connectivity index (χ3n) is 3.92. The second kappa shape index (κ2) is 5.25. The van der Waals surface area contributed by atoms with Gasteiger partial charge in [0.2, 0.25) is 0 Å². The summed E-state index contributed by atoms with van der Waals surface area (Å²) in [5.41, 5.74) is 1.95. The van der Waals surface area contributed by atoms with E-state index in [0.717, 1.165) is 37.9 Å². The number of nitrogens with one attached hydrogen (secondary N) is 1. The lowest BCUT2D eigenvalue weighted by atomic mass is 9.89. The molecule has 19 heavy (non-hydrogen) atoms. The van der Waals surface area contributed by atoms with Crippen LogP contribution in [-0.4, -0.2) is 27.0 Å². The molecule has 1 aliphatic rings. The number of rotatable bonds is 4. The predicted molar refractivity (Wildman–Crippen MR) is 77.0 cm³/mol. The molecule has 4 heteroatoms. The van der Waals surface area contributed by atoms with E-state index in [0.29, 0.717) is 6.54 Å². The quantitative estimate of drug-likeness (QED) is 0.876. The summed E-state index contributed by atoms with van der Waals surface area (Å²) in [5, 5.41) is 18.3. The Labute approximate surface area is 116 Å². The first-order chi connectivity index (χ1) is 8.80. The van der Waals surface area contributed by atoms with E-state index in [1.54, 1.807) is 0 Å². The summed E-state index contributed by atoms with van der Waals surface area (Å²) in [5.74, 6) is 0. The van der Waals surface area contributed by atoms with Crippen molar-refractivity contribution in [2.75, 3.05) is 6.54 Å². The van der Waals surface area contributed by atoms with Crippen LogP contribution in [0.3, 0.4) is 0 Å². The van der Waals surface area contributed by atoms with Gasteiger partial charge in [0.05, 0.1) is 11.3 Å². The van der Waals surface area contributed by atoms with Crippen LogP contribution in [0.5, 0.6) is 0 Å². The van der Waals surface area contributed by atoms with Crippen LogP contribution in [0.1, 0.15) is 57.7 Å². The van der Waals surface area contributed by atoms with Crippen molar-refractivity contribution in [3.05, 3.63) is 17.5 Å². The van der Waals surface area contributed by atoms with Crippen LogP contribution in [0.25, 0.3) is 0 Å². The Morgan fingerprint density at radius 2 is 2.00 bits per heavy atom. The van der Waals surface area contributed by atoms with Crippen molar-refractivity contribution >= 4 is 0 Å². The Balaban J connectivity index is 1.96. The maximum atomic E-state index is 10.3. The molecule has 1 saturated carbocycles. The van der Waals surface area contributed by atoms with Crippen molar-refractivity contribution in [1.29, 1.82) is 0 Å². The Bertz CT molecular complexity index is 425. The highest BCUT2D eigenvalue weighted by atomic mass is 16.3. The van der Waals surface area contributed by atoms with E-state index in [1.165, 1.54) is 5.56 Å². The van der Waals surface area contributed by atoms with Crippen LogP contribution in [0.4, 0.5) is 0 Å². The minimum absolute atomic E-state index is 0.0581. The van der Waals surface area contributed by atoms with Gasteiger partial charge < -0.3 is 10.4 Å². The first-order valence-corrected chi connectivity index (χ1v) is 7.26. The normalized spacial score (nSPS) is 19.0. The van der Waals surface area contributed by atoms with Gasteiger partial charge in [-0.15, -0.1) is 0 Å². The zero-order valence-electron chi connectivity index (χ0n) is 12.7. The molecule has 0 unspecified atom stereocenters. The molecule has 4 nitrogen and oxygen atoms in total. The van der Waals surface area contributed by atoms with Crippen LogP contribution >= 0.6 is 0 Å². The first-order valence-electron chi connectivity index (χ1n) is 7.26. The molecular formula is C15H27N3O. The zero-order chi connectivity index (χ0) is 14.1. The summed E-state index contributed by atoms with van der Waals surface area (Å²) in [6.45, 7) is 8.02. The van der Waals surface area contributed by atoms with Gasteiger partial charge in [0, 0.05) is 37.3 Å². The molecule has 2 rings (SSSR count). The molecule has 0 spiro atoms. The number of aryl methyl sites for hydroxylation is 1. The highest BCUT2D eigenvalue weighted by molar-refractivity contribution is 5.23. The van der Waals surface area contributed by atoms with Crippen LogP contribution in [0.15, 0.2) is 6.20 Å². The average molecular weight is 265 g/mol.